The van der Waals surface area contributed by atoms with Gasteiger partial charge in [-0.05, 0) is 59.7 Å². The van der Waals surface area contributed by atoms with Gasteiger partial charge in [0.25, 0.3) is 0 Å². The van der Waals surface area contributed by atoms with E-state index in [4.69, 9.17) is 0 Å². The quantitative estimate of drug-likeness (QED) is 0.451. The van der Waals surface area contributed by atoms with E-state index >= 15 is 0 Å². The van der Waals surface area contributed by atoms with E-state index in [1.54, 1.807) is 24.8 Å². The van der Waals surface area contributed by atoms with Crippen molar-refractivity contribution in [2.24, 2.45) is 0 Å². The first-order chi connectivity index (χ1) is 13.9. The van der Waals surface area contributed by atoms with Gasteiger partial charge in [-0.1, -0.05) is 47.9 Å². The van der Waals surface area contributed by atoms with Crippen molar-refractivity contribution in [2.45, 2.75) is 0 Å². The van der Waals surface area contributed by atoms with Crippen molar-refractivity contribution in [3.8, 4) is 34.8 Å². The molecule has 28 heavy (non-hydrogen) atoms. The minimum atomic E-state index is 0.903. The van der Waals surface area contributed by atoms with Gasteiger partial charge in [-0.25, -0.2) is 0 Å². The van der Waals surface area contributed by atoms with Crippen LogP contribution >= 0.6 is 0 Å². The van der Waals surface area contributed by atoms with E-state index in [0.717, 1.165) is 33.4 Å². The number of aromatic nitrogens is 2. The molecule has 0 amide bonds. The molecule has 2 nitrogen and oxygen atoms in total. The second-order valence-corrected chi connectivity index (χ2v) is 6.15. The predicted octanol–water partition coefficient (Wildman–Crippen LogP) is 4.94. The lowest BCUT2D eigenvalue weighted by atomic mass is 10.0. The molecule has 130 valence electrons. The van der Waals surface area contributed by atoms with Crippen LogP contribution in [0.4, 0.5) is 0 Å². The maximum atomic E-state index is 4.09. The molecular formula is C26H16N2. The third-order valence-electron chi connectivity index (χ3n) is 4.08. The summed E-state index contributed by atoms with van der Waals surface area (Å²) in [6.45, 7) is 0. The topological polar surface area (TPSA) is 25.8 Å². The second-order valence-electron chi connectivity index (χ2n) is 6.15. The molecule has 0 aliphatic carbocycles. The first-order valence-electron chi connectivity index (χ1n) is 8.91. The van der Waals surface area contributed by atoms with E-state index in [1.165, 1.54) is 0 Å². The van der Waals surface area contributed by atoms with Gasteiger partial charge in [-0.15, -0.1) is 0 Å². The van der Waals surface area contributed by atoms with Crippen molar-refractivity contribution in [3.63, 3.8) is 0 Å². The second kappa shape index (κ2) is 8.49. The fourth-order valence-electron chi connectivity index (χ4n) is 2.72. The number of pyridine rings is 2. The van der Waals surface area contributed by atoms with Crippen LogP contribution in [0.1, 0.15) is 22.3 Å². The first kappa shape index (κ1) is 17.3. The van der Waals surface area contributed by atoms with E-state index in [0.29, 0.717) is 0 Å². The molecule has 2 heterocycles. The molecule has 0 radical (unpaired) electrons. The molecule has 0 saturated heterocycles. The highest BCUT2D eigenvalue weighted by molar-refractivity contribution is 5.67. The normalized spacial score (nSPS) is 9.57. The van der Waals surface area contributed by atoms with Gasteiger partial charge in [0, 0.05) is 47.0 Å². The fraction of sp³-hybridized carbons (Fsp3) is 0. The molecule has 4 rings (SSSR count). The minimum Gasteiger partial charge on any atom is -0.263 e. The average Bonchev–Trinajstić information content (AvgIpc) is 2.78. The number of benzene rings is 2. The molecule has 0 fully saturated rings. The highest BCUT2D eigenvalue weighted by Gasteiger charge is 1.99. The van der Waals surface area contributed by atoms with E-state index in [-0.39, 0.29) is 0 Å². The van der Waals surface area contributed by atoms with E-state index in [1.807, 2.05) is 48.5 Å². The smallest absolute Gasteiger partial charge is 0.0432 e. The molecule has 0 aliphatic rings. The summed E-state index contributed by atoms with van der Waals surface area (Å²) in [5.74, 6) is 12.7. The van der Waals surface area contributed by atoms with Gasteiger partial charge in [0.1, 0.15) is 0 Å². The predicted molar refractivity (Wildman–Crippen MR) is 112 cm³/mol. The summed E-state index contributed by atoms with van der Waals surface area (Å²) in [5.41, 5.74) is 5.97. The molecule has 0 atom stereocenters. The Bertz CT molecular complexity index is 1110. The van der Waals surface area contributed by atoms with Gasteiger partial charge >= 0.3 is 0 Å². The van der Waals surface area contributed by atoms with Crippen LogP contribution in [0.5, 0.6) is 0 Å². The fourth-order valence-corrected chi connectivity index (χ4v) is 2.72. The average molecular weight is 356 g/mol. The largest absolute Gasteiger partial charge is 0.263 e. The van der Waals surface area contributed by atoms with Gasteiger partial charge in [-0.2, -0.15) is 0 Å². The van der Waals surface area contributed by atoms with Crippen LogP contribution in [-0.4, -0.2) is 9.97 Å². The number of nitrogens with zero attached hydrogens (tertiary/aromatic N) is 2. The zero-order chi connectivity index (χ0) is 19.0. The monoisotopic (exact) mass is 356 g/mol. The summed E-state index contributed by atoms with van der Waals surface area (Å²) in [7, 11) is 0. The SMILES string of the molecule is C(#Cc1cccc(-c2cccc(C#Cc3cccnc3)c2)c1)c1cccnc1. The lowest BCUT2D eigenvalue weighted by Crippen LogP contribution is -1.83. The van der Waals surface area contributed by atoms with Gasteiger partial charge in [0.2, 0.25) is 0 Å². The summed E-state index contributed by atoms with van der Waals surface area (Å²) in [6.07, 6.45) is 7.02. The number of hydrogen-bond acceptors (Lipinski definition) is 2. The molecule has 0 unspecified atom stereocenters. The van der Waals surface area contributed by atoms with Crippen molar-refractivity contribution < 1.29 is 0 Å². The lowest BCUT2D eigenvalue weighted by Gasteiger charge is -2.03. The number of hydrogen-bond donors (Lipinski definition) is 0. The molecule has 4 aromatic rings. The van der Waals surface area contributed by atoms with E-state index < -0.39 is 0 Å². The molecule has 0 spiro atoms. The summed E-state index contributed by atoms with van der Waals surface area (Å²) >= 11 is 0. The first-order valence-corrected chi connectivity index (χ1v) is 8.91. The van der Waals surface area contributed by atoms with Crippen molar-refractivity contribution in [3.05, 3.63) is 120 Å². The summed E-state index contributed by atoms with van der Waals surface area (Å²) in [6, 6.07) is 24.1. The third kappa shape index (κ3) is 4.52. The Labute approximate surface area is 165 Å². The standard InChI is InChI=1S/C26H16N2/c1-5-21(11-13-23-7-3-15-27-19-23)17-25(9-1)26-10-2-6-22(18-26)12-14-24-8-4-16-28-20-24/h1-10,15-20H. The molecule has 2 aromatic carbocycles. The number of rotatable bonds is 1. The Hall–Kier alpha value is -4.14. The van der Waals surface area contributed by atoms with Crippen LogP contribution in [0.3, 0.4) is 0 Å². The highest BCUT2D eigenvalue weighted by atomic mass is 14.6. The van der Waals surface area contributed by atoms with E-state index in [2.05, 4.69) is 57.9 Å². The maximum Gasteiger partial charge on any atom is 0.0432 e. The molecule has 2 heteroatoms. The summed E-state index contributed by atoms with van der Waals surface area (Å²) in [4.78, 5) is 8.18. The van der Waals surface area contributed by atoms with Crippen LogP contribution < -0.4 is 0 Å². The Morgan fingerprint density at radius 1 is 0.464 bits per heavy atom. The third-order valence-corrected chi connectivity index (χ3v) is 4.08. The van der Waals surface area contributed by atoms with Crippen LogP contribution in [0.2, 0.25) is 0 Å². The molecule has 0 bridgehead atoms. The Balaban J connectivity index is 1.60. The van der Waals surface area contributed by atoms with Crippen molar-refractivity contribution in [1.82, 2.24) is 9.97 Å². The minimum absolute atomic E-state index is 0.903. The molecular weight excluding hydrogens is 340 g/mol. The van der Waals surface area contributed by atoms with Crippen LogP contribution in [0.15, 0.2) is 97.6 Å². The van der Waals surface area contributed by atoms with Gasteiger partial charge in [0.05, 0.1) is 0 Å². The molecule has 0 N–H and O–H groups in total. The van der Waals surface area contributed by atoms with Gasteiger partial charge in [0.15, 0.2) is 0 Å². The molecule has 2 aromatic heterocycles. The van der Waals surface area contributed by atoms with Gasteiger partial charge < -0.3 is 0 Å². The van der Waals surface area contributed by atoms with Crippen LogP contribution in [0.25, 0.3) is 11.1 Å². The summed E-state index contributed by atoms with van der Waals surface area (Å²) in [5, 5.41) is 0. The molecule has 0 saturated carbocycles. The Morgan fingerprint density at radius 3 is 1.32 bits per heavy atom. The lowest BCUT2D eigenvalue weighted by molar-refractivity contribution is 1.31. The highest BCUT2D eigenvalue weighted by Crippen LogP contribution is 2.21. The summed E-state index contributed by atoms with van der Waals surface area (Å²) < 4.78 is 0. The zero-order valence-electron chi connectivity index (χ0n) is 15.1. The maximum absolute atomic E-state index is 4.09. The van der Waals surface area contributed by atoms with Crippen LogP contribution in [0, 0.1) is 23.7 Å². The van der Waals surface area contributed by atoms with Gasteiger partial charge in [-0.3, -0.25) is 9.97 Å². The Morgan fingerprint density at radius 2 is 0.893 bits per heavy atom. The Kier molecular flexibility index (Phi) is 5.24. The van der Waals surface area contributed by atoms with Crippen molar-refractivity contribution >= 4 is 0 Å². The molecule has 0 aliphatic heterocycles. The van der Waals surface area contributed by atoms with Crippen molar-refractivity contribution in [1.29, 1.82) is 0 Å². The zero-order valence-corrected chi connectivity index (χ0v) is 15.1. The van der Waals surface area contributed by atoms with Crippen molar-refractivity contribution in [2.75, 3.05) is 0 Å². The van der Waals surface area contributed by atoms with Crippen LogP contribution in [-0.2, 0) is 0 Å². The van der Waals surface area contributed by atoms with E-state index in [9.17, 15) is 0 Å².